The van der Waals surface area contributed by atoms with Gasteiger partial charge in [0.05, 0.1) is 36.9 Å². The number of imide groups is 1. The Labute approximate surface area is 389 Å². The number of benzene rings is 4. The Kier molecular flexibility index (Phi) is 13.6. The number of anilines is 1. The van der Waals surface area contributed by atoms with Crippen molar-refractivity contribution in [3.63, 3.8) is 0 Å². The van der Waals surface area contributed by atoms with Gasteiger partial charge in [-0.3, -0.25) is 24.3 Å². The summed E-state index contributed by atoms with van der Waals surface area (Å²) in [6.07, 6.45) is 6.17. The molecule has 2 fully saturated rings. The van der Waals surface area contributed by atoms with E-state index in [1.54, 1.807) is 42.6 Å². The number of cyclic esters (lactones) is 1. The number of rotatable bonds is 13. The molecular weight excluding hydrogens is 849 g/mol. The molecule has 2 saturated heterocycles. The zero-order valence-corrected chi connectivity index (χ0v) is 37.2. The predicted molar refractivity (Wildman–Crippen MR) is 249 cm³/mol. The van der Waals surface area contributed by atoms with Crippen molar-refractivity contribution >= 4 is 29.6 Å². The molecule has 3 amide bonds. The zero-order valence-electron chi connectivity index (χ0n) is 37.2. The number of amides is 3. The van der Waals surface area contributed by atoms with Crippen molar-refractivity contribution in [1.82, 2.24) is 15.2 Å². The summed E-state index contributed by atoms with van der Waals surface area (Å²) in [6, 6.07) is 33.4. The van der Waals surface area contributed by atoms with Crippen LogP contribution in [-0.4, -0.2) is 85.0 Å². The van der Waals surface area contributed by atoms with Gasteiger partial charge < -0.3 is 29.4 Å². The van der Waals surface area contributed by atoms with Crippen molar-refractivity contribution in [2.75, 3.05) is 45.0 Å². The van der Waals surface area contributed by atoms with E-state index in [2.05, 4.69) is 28.2 Å². The second kappa shape index (κ2) is 20.2. The standard InChI is InChI=1S/C54H52N4O9/c1-64-33-34-66-53(63)57-43-27-26-37(25-24-36-15-5-2-6-16-36)35-42(43)54(52(57)62)45(50(60)56-30-28-40-21-13-14-29-55-40)47-51(61)67-48(39-19-9-4-10-20-39)46(38-17-7-3-8-18-38)58(47)49(54)41-22-11-12-23-44(41)65-32-31-59/h3-4,7-15,17-23,26-27,29,35,45-49,59H,2,5-6,16,28,30-34H2,1H3,(H,56,60)/t45-,46-,47-,48+,49+,54-/m1/s1. The molecule has 4 aromatic carbocycles. The van der Waals surface area contributed by atoms with Crippen LogP contribution < -0.4 is 15.0 Å². The lowest BCUT2D eigenvalue weighted by Gasteiger charge is -2.46. The fourth-order valence-corrected chi connectivity index (χ4v) is 10.3. The molecular formula is C54H52N4O9. The first-order valence-corrected chi connectivity index (χ1v) is 22.8. The number of methoxy groups -OCH3 is 1. The van der Waals surface area contributed by atoms with Crippen molar-refractivity contribution in [2.24, 2.45) is 5.92 Å². The molecule has 4 heterocycles. The molecule has 4 aliphatic rings. The number of morpholine rings is 1. The molecule has 3 aliphatic heterocycles. The number of para-hydroxylation sites is 1. The van der Waals surface area contributed by atoms with Crippen LogP contribution >= 0.6 is 0 Å². The second-order valence-corrected chi connectivity index (χ2v) is 16.9. The molecule has 13 nitrogen and oxygen atoms in total. The first kappa shape index (κ1) is 45.1. The molecule has 0 bridgehead atoms. The summed E-state index contributed by atoms with van der Waals surface area (Å²) in [5.74, 6) is 3.36. The molecule has 0 saturated carbocycles. The summed E-state index contributed by atoms with van der Waals surface area (Å²) in [4.78, 5) is 69.5. The molecule has 9 rings (SSSR count). The minimum atomic E-state index is -2.05. The van der Waals surface area contributed by atoms with Gasteiger partial charge in [-0.15, -0.1) is 0 Å². The Morgan fingerprint density at radius 2 is 1.63 bits per heavy atom. The third-order valence-corrected chi connectivity index (χ3v) is 13.1. The number of allylic oxidation sites excluding steroid dienone is 2. The average Bonchev–Trinajstić information content (AvgIpc) is 3.82. The molecule has 1 aliphatic carbocycles. The number of fused-ring (bicyclic) bond motifs is 3. The monoisotopic (exact) mass is 900 g/mol. The Hall–Kier alpha value is -7.11. The Morgan fingerprint density at radius 1 is 0.866 bits per heavy atom. The number of aromatic nitrogens is 1. The topological polar surface area (TPSA) is 157 Å². The Bertz CT molecular complexity index is 2700. The Balaban J connectivity index is 1.34. The molecule has 6 atom stereocenters. The first-order valence-electron chi connectivity index (χ1n) is 22.8. The van der Waals surface area contributed by atoms with Gasteiger partial charge in [0.25, 0.3) is 0 Å². The number of aliphatic hydroxyl groups is 1. The maximum atomic E-state index is 16.4. The third kappa shape index (κ3) is 8.60. The number of hydrogen-bond donors (Lipinski definition) is 2. The normalized spacial score (nSPS) is 23.0. The molecule has 1 spiro atoms. The van der Waals surface area contributed by atoms with Gasteiger partial charge in [0.2, 0.25) is 11.8 Å². The molecule has 5 aromatic rings. The minimum Gasteiger partial charge on any atom is -0.491 e. The largest absolute Gasteiger partial charge is 0.491 e. The molecule has 1 aromatic heterocycles. The van der Waals surface area contributed by atoms with Gasteiger partial charge in [0.15, 0.2) is 0 Å². The van der Waals surface area contributed by atoms with Gasteiger partial charge in [-0.1, -0.05) is 103 Å². The summed E-state index contributed by atoms with van der Waals surface area (Å²) in [5.41, 5.74) is 2.62. The quantitative estimate of drug-likeness (QED) is 0.0706. The van der Waals surface area contributed by atoms with Crippen LogP contribution in [0.4, 0.5) is 10.5 Å². The highest BCUT2D eigenvalue weighted by atomic mass is 16.6. The van der Waals surface area contributed by atoms with Gasteiger partial charge >= 0.3 is 12.1 Å². The van der Waals surface area contributed by atoms with Gasteiger partial charge in [-0.25, -0.2) is 9.69 Å². The minimum absolute atomic E-state index is 0.0664. The van der Waals surface area contributed by atoms with E-state index in [-0.39, 0.29) is 38.7 Å². The van der Waals surface area contributed by atoms with E-state index in [1.165, 1.54) is 7.11 Å². The van der Waals surface area contributed by atoms with Crippen LogP contribution in [0.3, 0.4) is 0 Å². The predicted octanol–water partition coefficient (Wildman–Crippen LogP) is 7.11. The van der Waals surface area contributed by atoms with Crippen molar-refractivity contribution in [1.29, 1.82) is 0 Å². The number of esters is 1. The van der Waals surface area contributed by atoms with E-state index in [0.717, 1.165) is 47.4 Å². The average molecular weight is 901 g/mol. The summed E-state index contributed by atoms with van der Waals surface area (Å²) in [5, 5.41) is 13.2. The van der Waals surface area contributed by atoms with Gasteiger partial charge in [-0.05, 0) is 84.3 Å². The van der Waals surface area contributed by atoms with Gasteiger partial charge in [0, 0.05) is 43.1 Å². The van der Waals surface area contributed by atoms with E-state index < -0.39 is 59.4 Å². The van der Waals surface area contributed by atoms with Crippen LogP contribution in [0.5, 0.6) is 5.75 Å². The summed E-state index contributed by atoms with van der Waals surface area (Å²) >= 11 is 0. The van der Waals surface area contributed by atoms with Crippen molar-refractivity contribution < 1.29 is 43.2 Å². The number of hydrogen-bond acceptors (Lipinski definition) is 11. The highest BCUT2D eigenvalue weighted by Crippen LogP contribution is 2.66. The fraction of sp³-hybridized carbons (Fsp3) is 0.315. The fourth-order valence-electron chi connectivity index (χ4n) is 10.3. The van der Waals surface area contributed by atoms with Crippen LogP contribution in [0.15, 0.2) is 139 Å². The maximum absolute atomic E-state index is 16.4. The summed E-state index contributed by atoms with van der Waals surface area (Å²) < 4.78 is 23.8. The van der Waals surface area contributed by atoms with Crippen molar-refractivity contribution in [2.45, 2.75) is 61.7 Å². The molecule has 0 radical (unpaired) electrons. The van der Waals surface area contributed by atoms with E-state index in [9.17, 15) is 9.90 Å². The van der Waals surface area contributed by atoms with E-state index in [1.807, 2.05) is 89.8 Å². The number of aliphatic hydroxyl groups excluding tert-OH is 1. The zero-order chi connectivity index (χ0) is 46.3. The van der Waals surface area contributed by atoms with Crippen LogP contribution in [0.1, 0.15) is 77.4 Å². The lowest BCUT2D eigenvalue weighted by molar-refractivity contribution is -0.178. The summed E-state index contributed by atoms with van der Waals surface area (Å²) in [6.45, 7) is -0.378. The van der Waals surface area contributed by atoms with Crippen LogP contribution in [0.2, 0.25) is 0 Å². The summed E-state index contributed by atoms with van der Waals surface area (Å²) in [7, 11) is 1.47. The van der Waals surface area contributed by atoms with Crippen molar-refractivity contribution in [3.8, 4) is 17.6 Å². The van der Waals surface area contributed by atoms with E-state index >= 15 is 14.4 Å². The molecule has 0 unspecified atom stereocenters. The number of nitrogens with one attached hydrogen (secondary N) is 1. The van der Waals surface area contributed by atoms with Crippen LogP contribution in [0.25, 0.3) is 0 Å². The molecule has 67 heavy (non-hydrogen) atoms. The smallest absolute Gasteiger partial charge is 0.421 e. The lowest BCUT2D eigenvalue weighted by atomic mass is 9.65. The maximum Gasteiger partial charge on any atom is 0.421 e. The number of carbonyl (C=O) groups excluding carboxylic acids is 4. The van der Waals surface area contributed by atoms with Gasteiger partial charge in [0.1, 0.15) is 36.5 Å². The van der Waals surface area contributed by atoms with Crippen molar-refractivity contribution in [3.05, 3.63) is 173 Å². The first-order chi connectivity index (χ1) is 32.9. The number of ether oxygens (including phenoxy) is 4. The van der Waals surface area contributed by atoms with Gasteiger partial charge in [-0.2, -0.15) is 0 Å². The highest BCUT2D eigenvalue weighted by molar-refractivity contribution is 6.23. The second-order valence-electron chi connectivity index (χ2n) is 16.9. The van der Waals surface area contributed by atoms with Crippen LogP contribution in [0, 0.1) is 17.8 Å². The number of pyridine rings is 1. The molecule has 342 valence electrons. The lowest BCUT2D eigenvalue weighted by Crippen LogP contribution is -2.56. The van der Waals surface area contributed by atoms with Crippen LogP contribution in [-0.2, 0) is 40.4 Å². The number of carbonyl (C=O) groups is 4. The molecule has 13 heteroatoms. The highest BCUT2D eigenvalue weighted by Gasteiger charge is 2.76. The third-order valence-electron chi connectivity index (χ3n) is 13.1. The van der Waals surface area contributed by atoms with E-state index in [4.69, 9.17) is 18.9 Å². The van der Waals surface area contributed by atoms with E-state index in [0.29, 0.717) is 34.4 Å². The molecule has 2 N–H and O–H groups in total. The Morgan fingerprint density at radius 3 is 2.36 bits per heavy atom. The SMILES string of the molecule is COCCOC(=O)N1C(=O)[C@@]2(c3cc(C#CC4=CCCCC4)ccc31)[C@H](c1ccccc1OCCO)N1[C@H](c3ccccc3)[C@H](c3ccccc3)OC(=O)[C@H]1[C@@H]2C(=O)NCCc1ccccn1. The number of nitrogens with zero attached hydrogens (tertiary/aromatic N) is 3.